The molecule has 0 aliphatic rings. The van der Waals surface area contributed by atoms with Gasteiger partial charge in [-0.2, -0.15) is 0 Å². The Balaban J connectivity index is 2.35. The number of rotatable bonds is 5. The largest absolute Gasteiger partial charge is 0.472 e. The van der Waals surface area contributed by atoms with Gasteiger partial charge >= 0.3 is 5.97 Å². The second-order valence-corrected chi connectivity index (χ2v) is 4.08. The normalized spacial score (nSPS) is 10.2. The number of carbonyl (C=O) groups is 1. The van der Waals surface area contributed by atoms with E-state index in [1.807, 2.05) is 0 Å². The number of methoxy groups -OCH3 is 1. The summed E-state index contributed by atoms with van der Waals surface area (Å²) in [5, 5.41) is 13.7. The zero-order valence-electron chi connectivity index (χ0n) is 11.0. The fourth-order valence-electron chi connectivity index (χ4n) is 1.71. The minimum absolute atomic E-state index is 0.0167. The van der Waals surface area contributed by atoms with Crippen molar-refractivity contribution in [1.29, 1.82) is 0 Å². The number of nitro groups is 1. The Morgan fingerprint density at radius 3 is 2.86 bits per heavy atom. The van der Waals surface area contributed by atoms with Gasteiger partial charge in [-0.05, 0) is 12.1 Å². The van der Waals surface area contributed by atoms with Gasteiger partial charge in [-0.15, -0.1) is 0 Å². The summed E-state index contributed by atoms with van der Waals surface area (Å²) in [5.74, 6) is -1.92. The predicted molar refractivity (Wildman–Crippen MR) is 70.4 cm³/mol. The van der Waals surface area contributed by atoms with Crippen LogP contribution < -0.4 is 5.32 Å². The predicted octanol–water partition coefficient (Wildman–Crippen LogP) is 2.73. The van der Waals surface area contributed by atoms with Crippen molar-refractivity contribution in [2.24, 2.45) is 0 Å². The highest BCUT2D eigenvalue weighted by atomic mass is 19.1. The van der Waals surface area contributed by atoms with Gasteiger partial charge in [0.15, 0.2) is 0 Å². The number of nitro benzene ring substituents is 1. The van der Waals surface area contributed by atoms with Gasteiger partial charge in [0.2, 0.25) is 0 Å². The fourth-order valence-corrected chi connectivity index (χ4v) is 1.71. The minimum atomic E-state index is -1.01. The molecule has 0 amide bonds. The molecule has 0 fully saturated rings. The van der Waals surface area contributed by atoms with Crippen LogP contribution in [0.2, 0.25) is 0 Å². The summed E-state index contributed by atoms with van der Waals surface area (Å²) in [4.78, 5) is 21.6. The van der Waals surface area contributed by atoms with Crippen LogP contribution in [0.3, 0.4) is 0 Å². The van der Waals surface area contributed by atoms with Crippen LogP contribution in [0.1, 0.15) is 15.9 Å². The number of nitrogens with one attached hydrogen (secondary N) is 1. The molecule has 1 heterocycles. The smallest absolute Gasteiger partial charge is 0.340 e. The van der Waals surface area contributed by atoms with Gasteiger partial charge in [-0.1, -0.05) is 0 Å². The number of furan rings is 1. The zero-order chi connectivity index (χ0) is 15.4. The Morgan fingerprint density at radius 2 is 2.29 bits per heavy atom. The van der Waals surface area contributed by atoms with Crippen LogP contribution in [0.15, 0.2) is 35.1 Å². The molecule has 0 aliphatic heterocycles. The van der Waals surface area contributed by atoms with Gasteiger partial charge in [0, 0.05) is 12.1 Å². The number of hydrogen-bond acceptors (Lipinski definition) is 6. The third kappa shape index (κ3) is 3.16. The quantitative estimate of drug-likeness (QED) is 0.517. The maximum atomic E-state index is 13.7. The molecule has 0 unspecified atom stereocenters. The maximum Gasteiger partial charge on any atom is 0.340 e. The zero-order valence-corrected chi connectivity index (χ0v) is 11.0. The Labute approximate surface area is 118 Å². The number of esters is 1. The van der Waals surface area contributed by atoms with Gasteiger partial charge in [0.05, 0.1) is 36.2 Å². The SMILES string of the molecule is COC(=O)c1cc(NCc2ccoc2)c([N+](=O)[O-])cc1F. The van der Waals surface area contributed by atoms with Crippen LogP contribution in [-0.2, 0) is 11.3 Å². The lowest BCUT2D eigenvalue weighted by Crippen LogP contribution is -2.09. The van der Waals surface area contributed by atoms with Crippen LogP contribution in [0.25, 0.3) is 0 Å². The van der Waals surface area contributed by atoms with Crippen LogP contribution in [0.5, 0.6) is 0 Å². The van der Waals surface area contributed by atoms with Crippen molar-refractivity contribution in [2.45, 2.75) is 6.54 Å². The molecular weight excluding hydrogens is 283 g/mol. The van der Waals surface area contributed by atoms with Crippen LogP contribution in [0.4, 0.5) is 15.8 Å². The van der Waals surface area contributed by atoms with Crippen LogP contribution in [0, 0.1) is 15.9 Å². The monoisotopic (exact) mass is 294 g/mol. The lowest BCUT2D eigenvalue weighted by Gasteiger charge is -2.08. The molecule has 0 spiro atoms. The molecule has 0 bridgehead atoms. The highest BCUT2D eigenvalue weighted by Crippen LogP contribution is 2.28. The molecule has 0 atom stereocenters. The van der Waals surface area contributed by atoms with Crippen molar-refractivity contribution in [2.75, 3.05) is 12.4 Å². The van der Waals surface area contributed by atoms with E-state index in [2.05, 4.69) is 10.1 Å². The number of nitrogens with zero attached hydrogens (tertiary/aromatic N) is 1. The Kier molecular flexibility index (Phi) is 4.17. The van der Waals surface area contributed by atoms with E-state index in [1.54, 1.807) is 6.07 Å². The Morgan fingerprint density at radius 1 is 1.52 bits per heavy atom. The second-order valence-electron chi connectivity index (χ2n) is 4.08. The summed E-state index contributed by atoms with van der Waals surface area (Å²) in [7, 11) is 1.10. The van der Waals surface area contributed by atoms with Gasteiger partial charge in [0.1, 0.15) is 11.5 Å². The first-order valence-corrected chi connectivity index (χ1v) is 5.84. The van der Waals surface area contributed by atoms with Crippen molar-refractivity contribution < 1.29 is 23.3 Å². The average Bonchev–Trinajstić information content (AvgIpc) is 2.98. The van der Waals surface area contributed by atoms with Crippen LogP contribution in [-0.4, -0.2) is 18.0 Å². The molecule has 2 aromatic rings. The first-order valence-electron chi connectivity index (χ1n) is 5.84. The molecule has 0 radical (unpaired) electrons. The van der Waals surface area contributed by atoms with E-state index in [4.69, 9.17) is 4.42 Å². The lowest BCUT2D eigenvalue weighted by molar-refractivity contribution is -0.384. The topological polar surface area (TPSA) is 94.6 Å². The summed E-state index contributed by atoms with van der Waals surface area (Å²) < 4.78 is 23.0. The molecular formula is C13H11FN2O5. The molecule has 8 heteroatoms. The summed E-state index contributed by atoms with van der Waals surface area (Å²) in [6.45, 7) is 0.226. The third-order valence-electron chi connectivity index (χ3n) is 2.75. The van der Waals surface area contributed by atoms with Gasteiger partial charge in [0.25, 0.3) is 5.69 Å². The first-order chi connectivity index (χ1) is 10.0. The number of anilines is 1. The van der Waals surface area contributed by atoms with Crippen molar-refractivity contribution >= 4 is 17.3 Å². The molecule has 110 valence electrons. The van der Waals surface area contributed by atoms with E-state index in [1.165, 1.54) is 12.5 Å². The molecule has 0 saturated carbocycles. The number of halogens is 1. The van der Waals surface area contributed by atoms with E-state index < -0.39 is 22.4 Å². The summed E-state index contributed by atoms with van der Waals surface area (Å²) in [6.07, 6.45) is 2.92. The van der Waals surface area contributed by atoms with E-state index in [-0.39, 0.29) is 17.8 Å². The summed E-state index contributed by atoms with van der Waals surface area (Å²) in [6, 6.07) is 3.41. The molecule has 0 saturated heterocycles. The molecule has 1 N–H and O–H groups in total. The first kappa shape index (κ1) is 14.5. The lowest BCUT2D eigenvalue weighted by atomic mass is 10.1. The van der Waals surface area contributed by atoms with E-state index >= 15 is 0 Å². The fraction of sp³-hybridized carbons (Fsp3) is 0.154. The van der Waals surface area contributed by atoms with Crippen molar-refractivity contribution in [1.82, 2.24) is 0 Å². The van der Waals surface area contributed by atoms with Crippen molar-refractivity contribution in [3.63, 3.8) is 0 Å². The number of hydrogen-bond donors (Lipinski definition) is 1. The molecule has 0 aliphatic carbocycles. The Hall–Kier alpha value is -2.90. The van der Waals surface area contributed by atoms with E-state index in [9.17, 15) is 19.3 Å². The van der Waals surface area contributed by atoms with Gasteiger partial charge in [-0.25, -0.2) is 9.18 Å². The highest BCUT2D eigenvalue weighted by Gasteiger charge is 2.22. The average molecular weight is 294 g/mol. The van der Waals surface area contributed by atoms with E-state index in [0.717, 1.165) is 18.7 Å². The third-order valence-corrected chi connectivity index (χ3v) is 2.75. The molecule has 1 aromatic carbocycles. The second kappa shape index (κ2) is 6.04. The molecule has 21 heavy (non-hydrogen) atoms. The van der Waals surface area contributed by atoms with Crippen LogP contribution >= 0.6 is 0 Å². The Bertz CT molecular complexity index is 669. The van der Waals surface area contributed by atoms with Gasteiger partial charge < -0.3 is 14.5 Å². The van der Waals surface area contributed by atoms with Crippen molar-refractivity contribution in [3.8, 4) is 0 Å². The number of carbonyl (C=O) groups excluding carboxylic acids is 1. The highest BCUT2D eigenvalue weighted by molar-refractivity contribution is 5.91. The summed E-state index contributed by atoms with van der Waals surface area (Å²) >= 11 is 0. The number of ether oxygens (including phenoxy) is 1. The molecule has 1 aromatic heterocycles. The molecule has 2 rings (SSSR count). The number of benzene rings is 1. The minimum Gasteiger partial charge on any atom is -0.472 e. The summed E-state index contributed by atoms with van der Waals surface area (Å²) in [5.41, 5.74) is -0.0855. The van der Waals surface area contributed by atoms with Gasteiger partial charge in [-0.3, -0.25) is 10.1 Å². The standard InChI is InChI=1S/C13H11FN2O5/c1-20-13(17)9-4-11(12(16(18)19)5-10(9)14)15-6-8-2-3-21-7-8/h2-5,7,15H,6H2,1H3. The molecule has 7 nitrogen and oxygen atoms in total. The van der Waals surface area contributed by atoms with Crippen molar-refractivity contribution in [3.05, 3.63) is 57.8 Å². The maximum absolute atomic E-state index is 13.7. The van der Waals surface area contributed by atoms with E-state index in [0.29, 0.717) is 6.07 Å².